The van der Waals surface area contributed by atoms with Crippen molar-refractivity contribution in [3.8, 4) is 5.75 Å². The summed E-state index contributed by atoms with van der Waals surface area (Å²) in [6, 6.07) is 9.82. The van der Waals surface area contributed by atoms with Crippen molar-refractivity contribution in [3.05, 3.63) is 52.6 Å². The van der Waals surface area contributed by atoms with E-state index in [-0.39, 0.29) is 17.4 Å². The Morgan fingerprint density at radius 3 is 2.85 bits per heavy atom. The predicted molar refractivity (Wildman–Crippen MR) is 77.9 cm³/mol. The van der Waals surface area contributed by atoms with E-state index in [1.54, 1.807) is 0 Å². The topological polar surface area (TPSA) is 93.0 Å². The fourth-order valence-electron chi connectivity index (χ4n) is 1.92. The van der Waals surface area contributed by atoms with Crippen LogP contribution in [0.25, 0.3) is 0 Å². The highest BCUT2D eigenvalue weighted by Crippen LogP contribution is 2.16. The van der Waals surface area contributed by atoms with Gasteiger partial charge in [0.15, 0.2) is 5.82 Å². The fraction of sp³-hybridized carbons (Fsp3) is 0.286. The van der Waals surface area contributed by atoms with Crippen LogP contribution < -0.4 is 21.3 Å². The molecular weight excluding hydrogens is 256 g/mol. The minimum Gasteiger partial charge on any atom is -0.489 e. The van der Waals surface area contributed by atoms with E-state index in [9.17, 15) is 4.79 Å². The number of nitrogens with one attached hydrogen (secondary N) is 2. The normalized spacial score (nSPS) is 11.9. The van der Waals surface area contributed by atoms with Crippen molar-refractivity contribution in [2.75, 3.05) is 19.0 Å². The Balaban J connectivity index is 1.94. The molecule has 0 radical (unpaired) electrons. The number of nitrogens with two attached hydrogens (primary N) is 1. The Morgan fingerprint density at radius 2 is 2.15 bits per heavy atom. The number of aromatic amines is 1. The molecule has 1 atom stereocenters. The maximum atomic E-state index is 11.5. The van der Waals surface area contributed by atoms with E-state index in [1.807, 2.05) is 30.3 Å². The highest BCUT2D eigenvalue weighted by atomic mass is 16.5. The summed E-state index contributed by atoms with van der Waals surface area (Å²) in [5.74, 6) is 0.609. The Kier molecular flexibility index (Phi) is 4.73. The number of H-pyrrole nitrogens is 1. The third kappa shape index (κ3) is 3.36. The Hall–Kier alpha value is -2.34. The lowest BCUT2D eigenvalue weighted by atomic mass is 10.1. The van der Waals surface area contributed by atoms with Gasteiger partial charge in [0.2, 0.25) is 5.75 Å². The second kappa shape index (κ2) is 6.72. The predicted octanol–water partition coefficient (Wildman–Crippen LogP) is 1.28. The van der Waals surface area contributed by atoms with Crippen molar-refractivity contribution >= 4 is 5.82 Å². The minimum absolute atomic E-state index is 0.0586. The van der Waals surface area contributed by atoms with Gasteiger partial charge >= 0.3 is 0 Å². The van der Waals surface area contributed by atoms with Gasteiger partial charge in [0.25, 0.3) is 5.56 Å². The summed E-state index contributed by atoms with van der Waals surface area (Å²) in [4.78, 5) is 18.0. The van der Waals surface area contributed by atoms with Gasteiger partial charge in [-0.25, -0.2) is 4.98 Å². The second-order valence-electron chi connectivity index (χ2n) is 4.35. The van der Waals surface area contributed by atoms with Crippen LogP contribution in [-0.2, 0) is 0 Å². The maximum absolute atomic E-state index is 11.5. The van der Waals surface area contributed by atoms with E-state index < -0.39 is 0 Å². The van der Waals surface area contributed by atoms with Crippen LogP contribution >= 0.6 is 0 Å². The number of benzene rings is 1. The molecule has 0 aliphatic rings. The average Bonchev–Trinajstić information content (AvgIpc) is 2.48. The first-order valence-corrected chi connectivity index (χ1v) is 6.38. The molecular formula is C14H18N4O2. The first kappa shape index (κ1) is 14.1. The van der Waals surface area contributed by atoms with Crippen molar-refractivity contribution in [1.82, 2.24) is 9.97 Å². The molecule has 20 heavy (non-hydrogen) atoms. The van der Waals surface area contributed by atoms with Gasteiger partial charge in [-0.1, -0.05) is 30.3 Å². The van der Waals surface area contributed by atoms with Gasteiger partial charge in [0, 0.05) is 12.6 Å². The van der Waals surface area contributed by atoms with Gasteiger partial charge in [0.1, 0.15) is 0 Å². The number of aromatic nitrogens is 2. The molecule has 0 amide bonds. The van der Waals surface area contributed by atoms with Gasteiger partial charge in [0.05, 0.1) is 13.4 Å². The van der Waals surface area contributed by atoms with Crippen LogP contribution in [-0.4, -0.2) is 23.6 Å². The van der Waals surface area contributed by atoms with Crippen LogP contribution in [0.1, 0.15) is 18.0 Å². The summed E-state index contributed by atoms with van der Waals surface area (Å²) < 4.78 is 5.02. The number of nitrogens with zero attached hydrogens (tertiary/aromatic N) is 1. The SMILES string of the molecule is COc1c(NCCC(N)c2ccccc2)nc[nH]c1=O. The summed E-state index contributed by atoms with van der Waals surface area (Å²) in [5, 5.41) is 3.07. The maximum Gasteiger partial charge on any atom is 0.295 e. The minimum atomic E-state index is -0.308. The number of hydrogen-bond acceptors (Lipinski definition) is 5. The molecule has 0 aliphatic heterocycles. The molecule has 1 heterocycles. The smallest absolute Gasteiger partial charge is 0.295 e. The second-order valence-corrected chi connectivity index (χ2v) is 4.35. The molecule has 0 saturated heterocycles. The molecule has 0 bridgehead atoms. The van der Waals surface area contributed by atoms with Crippen LogP contribution in [0, 0.1) is 0 Å². The molecule has 6 heteroatoms. The molecule has 4 N–H and O–H groups in total. The largest absolute Gasteiger partial charge is 0.489 e. The van der Waals surface area contributed by atoms with Crippen molar-refractivity contribution in [2.24, 2.45) is 5.73 Å². The molecule has 2 aromatic rings. The van der Waals surface area contributed by atoms with Gasteiger partial charge in [-0.3, -0.25) is 4.79 Å². The lowest BCUT2D eigenvalue weighted by molar-refractivity contribution is 0.408. The standard InChI is InChI=1S/C14H18N4O2/c1-20-12-13(17-9-18-14(12)19)16-8-7-11(15)10-5-3-2-4-6-10/h2-6,9,11H,7-8,15H2,1H3,(H2,16,17,18,19). The lowest BCUT2D eigenvalue weighted by Crippen LogP contribution is -2.18. The van der Waals surface area contributed by atoms with Gasteiger partial charge < -0.3 is 20.8 Å². The van der Waals surface area contributed by atoms with Crippen molar-refractivity contribution in [3.63, 3.8) is 0 Å². The van der Waals surface area contributed by atoms with Gasteiger partial charge in [-0.15, -0.1) is 0 Å². The van der Waals surface area contributed by atoms with Gasteiger partial charge in [-0.05, 0) is 12.0 Å². The monoisotopic (exact) mass is 274 g/mol. The fourth-order valence-corrected chi connectivity index (χ4v) is 1.92. The number of anilines is 1. The Morgan fingerprint density at radius 1 is 1.40 bits per heavy atom. The van der Waals surface area contributed by atoms with Crippen LogP contribution in [0.2, 0.25) is 0 Å². The third-order valence-corrected chi connectivity index (χ3v) is 2.99. The van der Waals surface area contributed by atoms with Gasteiger partial charge in [-0.2, -0.15) is 0 Å². The van der Waals surface area contributed by atoms with Crippen LogP contribution in [0.5, 0.6) is 5.75 Å². The molecule has 0 spiro atoms. The molecule has 0 saturated carbocycles. The summed E-state index contributed by atoms with van der Waals surface area (Å²) in [6.07, 6.45) is 2.06. The Bertz CT molecular complexity index is 598. The molecule has 1 aromatic carbocycles. The summed E-state index contributed by atoms with van der Waals surface area (Å²) in [7, 11) is 1.44. The molecule has 1 aromatic heterocycles. The number of hydrogen-bond donors (Lipinski definition) is 3. The van der Waals surface area contributed by atoms with Crippen LogP contribution in [0.4, 0.5) is 5.82 Å². The first-order chi connectivity index (χ1) is 9.72. The lowest BCUT2D eigenvalue weighted by Gasteiger charge is -2.13. The summed E-state index contributed by atoms with van der Waals surface area (Å²) in [5.41, 5.74) is 6.88. The Labute approximate surface area is 117 Å². The van der Waals surface area contributed by atoms with Crippen molar-refractivity contribution in [1.29, 1.82) is 0 Å². The first-order valence-electron chi connectivity index (χ1n) is 6.38. The highest BCUT2D eigenvalue weighted by Gasteiger charge is 2.09. The number of ether oxygens (including phenoxy) is 1. The quantitative estimate of drug-likeness (QED) is 0.738. The van der Waals surface area contributed by atoms with Crippen LogP contribution in [0.3, 0.4) is 0 Å². The zero-order valence-corrected chi connectivity index (χ0v) is 11.3. The van der Waals surface area contributed by atoms with E-state index in [0.29, 0.717) is 12.4 Å². The molecule has 106 valence electrons. The number of methoxy groups -OCH3 is 1. The molecule has 6 nitrogen and oxygen atoms in total. The average molecular weight is 274 g/mol. The highest BCUT2D eigenvalue weighted by molar-refractivity contribution is 5.47. The molecule has 1 unspecified atom stereocenters. The van der Waals surface area contributed by atoms with E-state index >= 15 is 0 Å². The third-order valence-electron chi connectivity index (χ3n) is 2.99. The molecule has 0 aliphatic carbocycles. The van der Waals surface area contributed by atoms with E-state index in [0.717, 1.165) is 12.0 Å². The zero-order chi connectivity index (χ0) is 14.4. The van der Waals surface area contributed by atoms with E-state index in [4.69, 9.17) is 10.5 Å². The van der Waals surface area contributed by atoms with E-state index in [1.165, 1.54) is 13.4 Å². The number of rotatable bonds is 6. The summed E-state index contributed by atoms with van der Waals surface area (Å²) >= 11 is 0. The van der Waals surface area contributed by atoms with Crippen molar-refractivity contribution < 1.29 is 4.74 Å². The molecule has 2 rings (SSSR count). The van der Waals surface area contributed by atoms with E-state index in [2.05, 4.69) is 15.3 Å². The van der Waals surface area contributed by atoms with Crippen LogP contribution in [0.15, 0.2) is 41.5 Å². The zero-order valence-electron chi connectivity index (χ0n) is 11.3. The van der Waals surface area contributed by atoms with Crippen molar-refractivity contribution in [2.45, 2.75) is 12.5 Å². The summed E-state index contributed by atoms with van der Waals surface area (Å²) in [6.45, 7) is 0.600. The molecule has 0 fully saturated rings.